The predicted molar refractivity (Wildman–Crippen MR) is 90.6 cm³/mol. The molecule has 1 aliphatic rings. The minimum absolute atomic E-state index is 0.0251. The Morgan fingerprint density at radius 1 is 1.33 bits per heavy atom. The zero-order chi connectivity index (χ0) is 17.3. The van der Waals surface area contributed by atoms with Gasteiger partial charge in [-0.15, -0.1) is 0 Å². The molecular weight excluding hydrogens is 307 g/mol. The lowest BCUT2D eigenvalue weighted by molar-refractivity contribution is 0.0583. The van der Waals surface area contributed by atoms with E-state index in [1.807, 2.05) is 18.7 Å². The molecule has 0 saturated carbocycles. The summed E-state index contributed by atoms with van der Waals surface area (Å²) in [5.74, 6) is -0.323. The van der Waals surface area contributed by atoms with Crippen LogP contribution in [0.2, 0.25) is 0 Å². The SMILES string of the molecule is Cc1c(C(=O)N2CCCC[C@H]2[C@@H](C)N)cnn1-c1ccc(F)cc1. The van der Waals surface area contributed by atoms with E-state index in [0.29, 0.717) is 5.56 Å². The number of hydrogen-bond acceptors (Lipinski definition) is 3. The molecule has 1 fully saturated rings. The first-order valence-electron chi connectivity index (χ1n) is 8.36. The van der Waals surface area contributed by atoms with Gasteiger partial charge in [-0.3, -0.25) is 4.79 Å². The Labute approximate surface area is 141 Å². The van der Waals surface area contributed by atoms with Crippen molar-refractivity contribution >= 4 is 5.91 Å². The molecule has 0 radical (unpaired) electrons. The van der Waals surface area contributed by atoms with Gasteiger partial charge in [-0.05, 0) is 57.4 Å². The smallest absolute Gasteiger partial charge is 0.257 e. The van der Waals surface area contributed by atoms with E-state index in [0.717, 1.165) is 37.2 Å². The van der Waals surface area contributed by atoms with Crippen LogP contribution >= 0.6 is 0 Å². The van der Waals surface area contributed by atoms with Crippen molar-refractivity contribution in [2.45, 2.75) is 45.2 Å². The number of carbonyl (C=O) groups is 1. The molecule has 128 valence electrons. The highest BCUT2D eigenvalue weighted by Crippen LogP contribution is 2.23. The molecule has 2 heterocycles. The maximum atomic E-state index is 13.1. The molecule has 2 aromatic rings. The van der Waals surface area contributed by atoms with E-state index in [4.69, 9.17) is 5.73 Å². The van der Waals surface area contributed by atoms with E-state index in [2.05, 4.69) is 5.10 Å². The molecule has 6 heteroatoms. The normalized spacial score (nSPS) is 19.3. The van der Waals surface area contributed by atoms with Crippen molar-refractivity contribution in [2.24, 2.45) is 5.73 Å². The van der Waals surface area contributed by atoms with E-state index in [1.165, 1.54) is 12.1 Å². The van der Waals surface area contributed by atoms with Gasteiger partial charge in [0.25, 0.3) is 5.91 Å². The monoisotopic (exact) mass is 330 g/mol. The van der Waals surface area contributed by atoms with E-state index < -0.39 is 0 Å². The number of amides is 1. The van der Waals surface area contributed by atoms with Crippen LogP contribution in [0.1, 0.15) is 42.2 Å². The lowest BCUT2D eigenvalue weighted by Crippen LogP contribution is -2.51. The van der Waals surface area contributed by atoms with Crippen LogP contribution in [0, 0.1) is 12.7 Å². The summed E-state index contributed by atoms with van der Waals surface area (Å²) in [4.78, 5) is 14.9. The van der Waals surface area contributed by atoms with Gasteiger partial charge in [0, 0.05) is 18.6 Å². The third kappa shape index (κ3) is 3.06. The van der Waals surface area contributed by atoms with Gasteiger partial charge >= 0.3 is 0 Å². The van der Waals surface area contributed by atoms with Crippen LogP contribution < -0.4 is 5.73 Å². The van der Waals surface area contributed by atoms with Gasteiger partial charge in [-0.2, -0.15) is 5.10 Å². The third-order valence-corrected chi connectivity index (χ3v) is 4.73. The van der Waals surface area contributed by atoms with Gasteiger partial charge < -0.3 is 10.6 Å². The van der Waals surface area contributed by atoms with Crippen molar-refractivity contribution in [1.29, 1.82) is 0 Å². The Morgan fingerprint density at radius 3 is 2.71 bits per heavy atom. The minimum atomic E-state index is -0.298. The van der Waals surface area contributed by atoms with E-state index in [9.17, 15) is 9.18 Å². The summed E-state index contributed by atoms with van der Waals surface area (Å²) >= 11 is 0. The van der Waals surface area contributed by atoms with Crippen LogP contribution in [0.15, 0.2) is 30.5 Å². The van der Waals surface area contributed by atoms with Gasteiger partial charge in [-0.1, -0.05) is 0 Å². The number of carbonyl (C=O) groups excluding carboxylic acids is 1. The fourth-order valence-electron chi connectivity index (χ4n) is 3.37. The van der Waals surface area contributed by atoms with Crippen LogP contribution in [0.25, 0.3) is 5.69 Å². The average molecular weight is 330 g/mol. The standard InChI is InChI=1S/C18H23FN4O/c1-12(20)17-5-3-4-10-22(17)18(24)16-11-21-23(13(16)2)15-8-6-14(19)7-9-15/h6-9,11-12,17H,3-5,10,20H2,1-2H3/t12-,17+/m1/s1. The number of aromatic nitrogens is 2. The molecule has 0 aliphatic carbocycles. The summed E-state index contributed by atoms with van der Waals surface area (Å²) in [6, 6.07) is 6.08. The highest BCUT2D eigenvalue weighted by Gasteiger charge is 2.31. The zero-order valence-corrected chi connectivity index (χ0v) is 14.1. The highest BCUT2D eigenvalue weighted by molar-refractivity contribution is 5.95. The van der Waals surface area contributed by atoms with Crippen LogP contribution in [0.4, 0.5) is 4.39 Å². The lowest BCUT2D eigenvalue weighted by atomic mass is 9.96. The quantitative estimate of drug-likeness (QED) is 0.941. The number of rotatable bonds is 3. The summed E-state index contributed by atoms with van der Waals surface area (Å²) in [7, 11) is 0. The number of nitrogens with two attached hydrogens (primary N) is 1. The van der Waals surface area contributed by atoms with E-state index in [1.54, 1.807) is 23.0 Å². The maximum absolute atomic E-state index is 13.1. The molecule has 1 amide bonds. The first-order chi connectivity index (χ1) is 11.5. The zero-order valence-electron chi connectivity index (χ0n) is 14.1. The fraction of sp³-hybridized carbons (Fsp3) is 0.444. The molecule has 2 atom stereocenters. The molecule has 0 unspecified atom stereocenters. The Balaban J connectivity index is 1.89. The van der Waals surface area contributed by atoms with Crippen molar-refractivity contribution in [2.75, 3.05) is 6.54 Å². The van der Waals surface area contributed by atoms with Crippen molar-refractivity contribution < 1.29 is 9.18 Å². The largest absolute Gasteiger partial charge is 0.334 e. The average Bonchev–Trinajstić information content (AvgIpc) is 2.96. The number of benzene rings is 1. The van der Waals surface area contributed by atoms with Crippen molar-refractivity contribution in [3.05, 3.63) is 47.5 Å². The maximum Gasteiger partial charge on any atom is 0.257 e. The summed E-state index contributed by atoms with van der Waals surface area (Å²) in [5.41, 5.74) is 8.13. The van der Waals surface area contributed by atoms with Gasteiger partial charge in [0.15, 0.2) is 0 Å². The van der Waals surface area contributed by atoms with Crippen molar-refractivity contribution in [1.82, 2.24) is 14.7 Å². The molecule has 0 bridgehead atoms. The van der Waals surface area contributed by atoms with E-state index >= 15 is 0 Å². The number of hydrogen-bond donors (Lipinski definition) is 1. The van der Waals surface area contributed by atoms with Gasteiger partial charge in [-0.25, -0.2) is 9.07 Å². The van der Waals surface area contributed by atoms with Crippen molar-refractivity contribution in [3.63, 3.8) is 0 Å². The van der Waals surface area contributed by atoms with Gasteiger partial charge in [0.2, 0.25) is 0 Å². The second kappa shape index (κ2) is 6.73. The molecule has 5 nitrogen and oxygen atoms in total. The molecule has 1 saturated heterocycles. The number of piperidine rings is 1. The Kier molecular flexibility index (Phi) is 4.66. The topological polar surface area (TPSA) is 64.2 Å². The van der Waals surface area contributed by atoms with E-state index in [-0.39, 0.29) is 23.8 Å². The summed E-state index contributed by atoms with van der Waals surface area (Å²) in [6.45, 7) is 4.53. The van der Waals surface area contributed by atoms with Gasteiger partial charge in [0.1, 0.15) is 5.82 Å². The Hall–Kier alpha value is -2.21. The molecule has 2 N–H and O–H groups in total. The molecule has 1 aromatic heterocycles. The summed E-state index contributed by atoms with van der Waals surface area (Å²) in [5, 5.41) is 4.32. The number of halogens is 1. The molecule has 1 aliphatic heterocycles. The third-order valence-electron chi connectivity index (χ3n) is 4.73. The molecule has 3 rings (SSSR count). The first-order valence-corrected chi connectivity index (χ1v) is 8.36. The first kappa shape index (κ1) is 16.6. The number of nitrogens with zero attached hydrogens (tertiary/aromatic N) is 3. The van der Waals surface area contributed by atoms with Crippen molar-refractivity contribution in [3.8, 4) is 5.69 Å². The van der Waals surface area contributed by atoms with Crippen LogP contribution in [-0.4, -0.2) is 39.2 Å². The van der Waals surface area contributed by atoms with Crippen LogP contribution in [0.3, 0.4) is 0 Å². The lowest BCUT2D eigenvalue weighted by Gasteiger charge is -2.38. The summed E-state index contributed by atoms with van der Waals surface area (Å²) in [6.07, 6.45) is 4.63. The second-order valence-electron chi connectivity index (χ2n) is 6.45. The molecule has 0 spiro atoms. The Bertz CT molecular complexity index is 723. The Morgan fingerprint density at radius 2 is 2.04 bits per heavy atom. The fourth-order valence-corrected chi connectivity index (χ4v) is 3.37. The summed E-state index contributed by atoms with van der Waals surface area (Å²) < 4.78 is 14.8. The molecular formula is C18H23FN4O. The van der Waals surface area contributed by atoms with Crippen LogP contribution in [-0.2, 0) is 0 Å². The number of likely N-dealkylation sites (tertiary alicyclic amines) is 1. The minimum Gasteiger partial charge on any atom is -0.334 e. The second-order valence-corrected chi connectivity index (χ2v) is 6.45. The molecule has 1 aromatic carbocycles. The predicted octanol–water partition coefficient (Wildman–Crippen LogP) is 2.66. The molecule has 24 heavy (non-hydrogen) atoms. The highest BCUT2D eigenvalue weighted by atomic mass is 19.1. The van der Waals surface area contributed by atoms with Gasteiger partial charge in [0.05, 0.1) is 23.1 Å². The van der Waals surface area contributed by atoms with Crippen LogP contribution in [0.5, 0.6) is 0 Å².